The molecular formula is C9H16OS. The predicted molar refractivity (Wildman–Crippen MR) is 50.6 cm³/mol. The van der Waals surface area contributed by atoms with Crippen molar-refractivity contribution in [3.8, 4) is 0 Å². The highest BCUT2D eigenvalue weighted by molar-refractivity contribution is 8.01. The Balaban J connectivity index is 2.32. The van der Waals surface area contributed by atoms with Crippen molar-refractivity contribution in [3.63, 3.8) is 0 Å². The summed E-state index contributed by atoms with van der Waals surface area (Å²) in [5.74, 6) is 0. The first-order valence-electron chi connectivity index (χ1n) is 4.06. The van der Waals surface area contributed by atoms with Crippen molar-refractivity contribution < 1.29 is 4.74 Å². The zero-order chi connectivity index (χ0) is 8.32. The van der Waals surface area contributed by atoms with Crippen molar-refractivity contribution >= 4 is 11.8 Å². The van der Waals surface area contributed by atoms with Gasteiger partial charge >= 0.3 is 0 Å². The molecular weight excluding hydrogens is 156 g/mol. The first-order chi connectivity index (χ1) is 5.08. The zero-order valence-corrected chi connectivity index (χ0v) is 8.28. The monoisotopic (exact) mass is 172 g/mol. The molecule has 0 fully saturated rings. The Labute approximate surface area is 73.2 Å². The second-order valence-corrected chi connectivity index (χ2v) is 5.73. The molecule has 1 aliphatic rings. The van der Waals surface area contributed by atoms with Crippen LogP contribution in [0, 0.1) is 0 Å². The van der Waals surface area contributed by atoms with Gasteiger partial charge in [0.2, 0.25) is 0 Å². The Morgan fingerprint density at radius 1 is 1.45 bits per heavy atom. The van der Waals surface area contributed by atoms with Crippen LogP contribution in [0.15, 0.2) is 12.3 Å². The summed E-state index contributed by atoms with van der Waals surface area (Å²) in [5.41, 5.74) is 0.375. The van der Waals surface area contributed by atoms with Crippen molar-refractivity contribution in [3.05, 3.63) is 12.3 Å². The quantitative estimate of drug-likeness (QED) is 0.601. The fraction of sp³-hybridized carbons (Fsp3) is 0.778. The fourth-order valence-corrected chi connectivity index (χ4v) is 2.15. The highest BCUT2D eigenvalue weighted by atomic mass is 32.2. The molecule has 1 aliphatic heterocycles. The largest absolute Gasteiger partial charge is 0.488 e. The van der Waals surface area contributed by atoms with E-state index in [2.05, 4.69) is 26.8 Å². The summed E-state index contributed by atoms with van der Waals surface area (Å²) in [6, 6.07) is 0. The summed E-state index contributed by atoms with van der Waals surface area (Å²) >= 11 is 1.90. The van der Waals surface area contributed by atoms with E-state index >= 15 is 0 Å². The summed E-state index contributed by atoms with van der Waals surface area (Å²) in [4.78, 5) is 0. The minimum absolute atomic E-state index is 0.315. The molecule has 1 rings (SSSR count). The van der Waals surface area contributed by atoms with Crippen LogP contribution < -0.4 is 0 Å². The average Bonchev–Trinajstić information content (AvgIpc) is 1.85. The maximum absolute atomic E-state index is 5.44. The third kappa shape index (κ3) is 3.71. The lowest BCUT2D eigenvalue weighted by molar-refractivity contribution is 0.199. The minimum atomic E-state index is 0.315. The zero-order valence-electron chi connectivity index (χ0n) is 7.46. The van der Waals surface area contributed by atoms with Gasteiger partial charge < -0.3 is 4.74 Å². The Morgan fingerprint density at radius 3 is 2.64 bits per heavy atom. The van der Waals surface area contributed by atoms with Crippen LogP contribution in [0.3, 0.4) is 0 Å². The van der Waals surface area contributed by atoms with Crippen LogP contribution in [0.2, 0.25) is 0 Å². The van der Waals surface area contributed by atoms with Gasteiger partial charge in [-0.05, 0) is 18.9 Å². The molecule has 0 aromatic heterocycles. The summed E-state index contributed by atoms with van der Waals surface area (Å²) in [6.07, 6.45) is 6.22. The van der Waals surface area contributed by atoms with Crippen LogP contribution in [0.5, 0.6) is 0 Å². The average molecular weight is 172 g/mol. The molecule has 0 bridgehead atoms. The van der Waals surface area contributed by atoms with E-state index in [0.717, 1.165) is 12.8 Å². The van der Waals surface area contributed by atoms with E-state index in [-0.39, 0.29) is 0 Å². The third-order valence-corrected chi connectivity index (χ3v) is 2.70. The Bertz CT molecular complexity index is 146. The van der Waals surface area contributed by atoms with E-state index in [0.29, 0.717) is 10.2 Å². The van der Waals surface area contributed by atoms with Crippen molar-refractivity contribution in [2.45, 2.75) is 43.8 Å². The van der Waals surface area contributed by atoms with E-state index in [4.69, 9.17) is 4.74 Å². The smallest absolute Gasteiger partial charge is 0.144 e. The molecule has 64 valence electrons. The summed E-state index contributed by atoms with van der Waals surface area (Å²) in [7, 11) is 0. The van der Waals surface area contributed by atoms with E-state index < -0.39 is 0 Å². The van der Waals surface area contributed by atoms with Crippen LogP contribution in [0.25, 0.3) is 0 Å². The molecule has 0 aliphatic carbocycles. The van der Waals surface area contributed by atoms with Gasteiger partial charge in [0.05, 0.1) is 6.26 Å². The molecule has 11 heavy (non-hydrogen) atoms. The third-order valence-electron chi connectivity index (χ3n) is 1.38. The second kappa shape index (κ2) is 3.53. The lowest BCUT2D eigenvalue weighted by Gasteiger charge is -2.26. The molecule has 1 atom stereocenters. The van der Waals surface area contributed by atoms with Gasteiger partial charge in [-0.25, -0.2) is 0 Å². The summed E-state index contributed by atoms with van der Waals surface area (Å²) in [6.45, 7) is 6.66. The summed E-state index contributed by atoms with van der Waals surface area (Å²) < 4.78 is 5.75. The van der Waals surface area contributed by atoms with Crippen molar-refractivity contribution in [1.82, 2.24) is 0 Å². The van der Waals surface area contributed by atoms with E-state index in [1.54, 1.807) is 0 Å². The van der Waals surface area contributed by atoms with Crippen molar-refractivity contribution in [1.29, 1.82) is 0 Å². The lowest BCUT2D eigenvalue weighted by Crippen LogP contribution is -2.18. The van der Waals surface area contributed by atoms with Crippen LogP contribution in [-0.2, 0) is 4.74 Å². The maximum Gasteiger partial charge on any atom is 0.144 e. The van der Waals surface area contributed by atoms with Gasteiger partial charge in [0, 0.05) is 4.75 Å². The van der Waals surface area contributed by atoms with Crippen LogP contribution in [0.4, 0.5) is 0 Å². The molecule has 0 N–H and O–H groups in total. The van der Waals surface area contributed by atoms with Crippen molar-refractivity contribution in [2.24, 2.45) is 0 Å². The number of rotatable bonds is 1. The van der Waals surface area contributed by atoms with Gasteiger partial charge in [-0.1, -0.05) is 20.8 Å². The van der Waals surface area contributed by atoms with E-state index in [1.807, 2.05) is 18.0 Å². The highest BCUT2D eigenvalue weighted by Crippen LogP contribution is 2.32. The molecule has 0 spiro atoms. The number of ether oxygens (including phenoxy) is 1. The molecule has 1 heterocycles. The topological polar surface area (TPSA) is 9.23 Å². The molecule has 0 saturated heterocycles. The Hall–Kier alpha value is -0.110. The van der Waals surface area contributed by atoms with Crippen LogP contribution in [-0.4, -0.2) is 10.2 Å². The SMILES string of the molecule is CC(C)(C)SC1CCC=CO1. The molecule has 2 heteroatoms. The number of hydrogen-bond donors (Lipinski definition) is 0. The minimum Gasteiger partial charge on any atom is -0.488 e. The standard InChI is InChI=1S/C9H16OS/c1-9(2,3)11-8-6-4-5-7-10-8/h5,7-8H,4,6H2,1-3H3. The maximum atomic E-state index is 5.44. The lowest BCUT2D eigenvalue weighted by atomic mass is 10.3. The Morgan fingerprint density at radius 2 is 2.18 bits per heavy atom. The molecule has 1 unspecified atom stereocenters. The molecule has 1 nitrogen and oxygen atoms in total. The Kier molecular flexibility index (Phi) is 2.88. The van der Waals surface area contributed by atoms with Gasteiger partial charge in [0.1, 0.15) is 5.44 Å². The van der Waals surface area contributed by atoms with Gasteiger partial charge in [0.15, 0.2) is 0 Å². The first-order valence-corrected chi connectivity index (χ1v) is 4.94. The normalized spacial score (nSPS) is 24.8. The molecule has 0 aromatic carbocycles. The number of allylic oxidation sites excluding steroid dienone is 1. The first kappa shape index (κ1) is 8.98. The van der Waals surface area contributed by atoms with Crippen LogP contribution >= 0.6 is 11.8 Å². The number of hydrogen-bond acceptors (Lipinski definition) is 2. The fourth-order valence-electron chi connectivity index (χ4n) is 0.993. The van der Waals surface area contributed by atoms with Gasteiger partial charge in [-0.3, -0.25) is 0 Å². The molecule has 0 amide bonds. The van der Waals surface area contributed by atoms with Gasteiger partial charge in [0.25, 0.3) is 0 Å². The van der Waals surface area contributed by atoms with Gasteiger partial charge in [-0.2, -0.15) is 0 Å². The number of thioether (sulfide) groups is 1. The van der Waals surface area contributed by atoms with Gasteiger partial charge in [-0.15, -0.1) is 11.8 Å². The molecule has 0 aromatic rings. The van der Waals surface area contributed by atoms with E-state index in [1.165, 1.54) is 0 Å². The van der Waals surface area contributed by atoms with Crippen molar-refractivity contribution in [2.75, 3.05) is 0 Å². The predicted octanol–water partition coefficient (Wildman–Crippen LogP) is 3.17. The van der Waals surface area contributed by atoms with E-state index in [9.17, 15) is 0 Å². The second-order valence-electron chi connectivity index (χ2n) is 3.75. The highest BCUT2D eigenvalue weighted by Gasteiger charge is 2.20. The van der Waals surface area contributed by atoms with Crippen LogP contribution in [0.1, 0.15) is 33.6 Å². The molecule has 0 saturated carbocycles. The summed E-state index contributed by atoms with van der Waals surface area (Å²) in [5, 5.41) is 0. The molecule has 0 radical (unpaired) electrons.